The van der Waals surface area contributed by atoms with Crippen molar-refractivity contribution < 1.29 is 14.3 Å². The lowest BCUT2D eigenvalue weighted by Crippen LogP contribution is -2.29. The second kappa shape index (κ2) is 4.89. The summed E-state index contributed by atoms with van der Waals surface area (Å²) in [6.45, 7) is 1.73. The molecule has 0 aliphatic heterocycles. The Morgan fingerprint density at radius 3 is 2.67 bits per heavy atom. The first-order chi connectivity index (χ1) is 7.02. The summed E-state index contributed by atoms with van der Waals surface area (Å²) in [5.41, 5.74) is 6.14. The Bertz CT molecular complexity index is 354. The molecule has 0 saturated heterocycles. The van der Waals surface area contributed by atoms with Crippen LogP contribution >= 0.6 is 0 Å². The van der Waals surface area contributed by atoms with Gasteiger partial charge < -0.3 is 10.8 Å². The number of nitrogens with two attached hydrogens (primary N) is 1. The van der Waals surface area contributed by atoms with E-state index in [9.17, 15) is 9.18 Å². The highest BCUT2D eigenvalue weighted by Gasteiger charge is 2.19. The molecule has 0 aliphatic carbocycles. The summed E-state index contributed by atoms with van der Waals surface area (Å²) < 4.78 is 13.3. The van der Waals surface area contributed by atoms with Crippen LogP contribution in [0.2, 0.25) is 0 Å². The van der Waals surface area contributed by atoms with Crippen molar-refractivity contribution in [1.29, 1.82) is 0 Å². The number of hydrogen-bond acceptors (Lipinski definition) is 2. The van der Waals surface area contributed by atoms with E-state index in [0.29, 0.717) is 5.56 Å². The van der Waals surface area contributed by atoms with Crippen molar-refractivity contribution >= 4 is 5.97 Å². The lowest BCUT2D eigenvalue weighted by molar-refractivity contribution is -0.137. The molecule has 0 radical (unpaired) electrons. The molecule has 2 atom stereocenters. The zero-order valence-corrected chi connectivity index (χ0v) is 8.48. The maximum atomic E-state index is 13.3. The maximum absolute atomic E-state index is 13.3. The van der Waals surface area contributed by atoms with Crippen LogP contribution in [0.25, 0.3) is 0 Å². The summed E-state index contributed by atoms with van der Waals surface area (Å²) in [7, 11) is 0. The lowest BCUT2D eigenvalue weighted by Gasteiger charge is -2.18. The van der Waals surface area contributed by atoms with E-state index in [1.165, 1.54) is 6.07 Å². The van der Waals surface area contributed by atoms with Crippen molar-refractivity contribution in [1.82, 2.24) is 0 Å². The first-order valence-corrected chi connectivity index (χ1v) is 4.74. The van der Waals surface area contributed by atoms with Crippen LogP contribution in [0.5, 0.6) is 0 Å². The fraction of sp³-hybridized carbons (Fsp3) is 0.364. The van der Waals surface area contributed by atoms with Crippen LogP contribution < -0.4 is 5.73 Å². The number of carboxylic acids is 1. The first kappa shape index (κ1) is 11.7. The van der Waals surface area contributed by atoms with Gasteiger partial charge in [-0.1, -0.05) is 25.1 Å². The Hall–Kier alpha value is -1.42. The molecule has 3 nitrogen and oxygen atoms in total. The van der Waals surface area contributed by atoms with Crippen molar-refractivity contribution in [2.45, 2.75) is 25.3 Å². The molecule has 82 valence electrons. The highest BCUT2D eigenvalue weighted by atomic mass is 19.1. The van der Waals surface area contributed by atoms with Crippen molar-refractivity contribution in [3.63, 3.8) is 0 Å². The Morgan fingerprint density at radius 2 is 2.13 bits per heavy atom. The van der Waals surface area contributed by atoms with Crippen molar-refractivity contribution in [3.05, 3.63) is 35.6 Å². The molecule has 2 unspecified atom stereocenters. The van der Waals surface area contributed by atoms with E-state index in [0.717, 1.165) is 0 Å². The van der Waals surface area contributed by atoms with E-state index in [1.54, 1.807) is 25.1 Å². The fourth-order valence-electron chi connectivity index (χ4n) is 1.45. The van der Waals surface area contributed by atoms with Crippen LogP contribution in [0.3, 0.4) is 0 Å². The van der Waals surface area contributed by atoms with E-state index in [4.69, 9.17) is 10.8 Å². The summed E-state index contributed by atoms with van der Waals surface area (Å²) >= 11 is 0. The molecule has 0 heterocycles. The highest BCUT2D eigenvalue weighted by molar-refractivity contribution is 5.67. The van der Waals surface area contributed by atoms with Gasteiger partial charge >= 0.3 is 5.97 Å². The third kappa shape index (κ3) is 3.02. The topological polar surface area (TPSA) is 63.3 Å². The van der Waals surface area contributed by atoms with Gasteiger partial charge in [-0.15, -0.1) is 0 Å². The minimum absolute atomic E-state index is 0.157. The first-order valence-electron chi connectivity index (χ1n) is 4.74. The fourth-order valence-corrected chi connectivity index (χ4v) is 1.45. The molecule has 0 spiro atoms. The monoisotopic (exact) mass is 211 g/mol. The molecule has 1 rings (SSSR count). The van der Waals surface area contributed by atoms with Gasteiger partial charge in [0.1, 0.15) is 5.82 Å². The number of aliphatic carboxylic acids is 1. The average molecular weight is 211 g/mol. The molecule has 0 aromatic heterocycles. The number of rotatable bonds is 4. The predicted octanol–water partition coefficient (Wildman–Crippen LogP) is 1.73. The predicted molar refractivity (Wildman–Crippen MR) is 55.0 cm³/mol. The van der Waals surface area contributed by atoms with Gasteiger partial charge in [0.05, 0.1) is 6.42 Å². The zero-order valence-electron chi connectivity index (χ0n) is 8.48. The normalized spacial score (nSPS) is 14.6. The third-order valence-corrected chi connectivity index (χ3v) is 2.45. The highest BCUT2D eigenvalue weighted by Crippen LogP contribution is 2.22. The van der Waals surface area contributed by atoms with E-state index in [2.05, 4.69) is 0 Å². The summed E-state index contributed by atoms with van der Waals surface area (Å²) in [4.78, 5) is 10.5. The van der Waals surface area contributed by atoms with Crippen LogP contribution in [0.15, 0.2) is 24.3 Å². The average Bonchev–Trinajstić information content (AvgIpc) is 2.16. The van der Waals surface area contributed by atoms with Gasteiger partial charge in [0.2, 0.25) is 0 Å². The molecule has 0 aliphatic rings. The van der Waals surface area contributed by atoms with Crippen molar-refractivity contribution in [2.75, 3.05) is 0 Å². The Balaban J connectivity index is 2.80. The Morgan fingerprint density at radius 1 is 1.53 bits per heavy atom. The minimum Gasteiger partial charge on any atom is -0.481 e. The molecule has 0 bridgehead atoms. The lowest BCUT2D eigenvalue weighted by atomic mass is 9.91. The quantitative estimate of drug-likeness (QED) is 0.797. The second-order valence-electron chi connectivity index (χ2n) is 3.57. The Labute approximate surface area is 87.7 Å². The van der Waals surface area contributed by atoms with Crippen LogP contribution in [-0.4, -0.2) is 17.1 Å². The number of carboxylic acid groups (broad SMARTS) is 1. The van der Waals surface area contributed by atoms with E-state index >= 15 is 0 Å². The van der Waals surface area contributed by atoms with Gasteiger partial charge in [0.15, 0.2) is 0 Å². The molecule has 0 fully saturated rings. The largest absolute Gasteiger partial charge is 0.481 e. The summed E-state index contributed by atoms with van der Waals surface area (Å²) in [5, 5.41) is 8.58. The number of benzene rings is 1. The molecule has 4 heteroatoms. The summed E-state index contributed by atoms with van der Waals surface area (Å²) in [6, 6.07) is 5.71. The third-order valence-electron chi connectivity index (χ3n) is 2.45. The van der Waals surface area contributed by atoms with Crippen LogP contribution in [0.4, 0.5) is 4.39 Å². The van der Waals surface area contributed by atoms with E-state index in [1.807, 2.05) is 0 Å². The van der Waals surface area contributed by atoms with Crippen LogP contribution in [0, 0.1) is 5.82 Å². The maximum Gasteiger partial charge on any atom is 0.304 e. The van der Waals surface area contributed by atoms with Crippen molar-refractivity contribution in [2.24, 2.45) is 5.73 Å². The molecule has 0 amide bonds. The van der Waals surface area contributed by atoms with Gasteiger partial charge in [-0.3, -0.25) is 4.79 Å². The SMILES string of the molecule is CC(c1ccccc1F)C(N)CC(=O)O. The van der Waals surface area contributed by atoms with Gasteiger partial charge in [-0.05, 0) is 17.5 Å². The molecular weight excluding hydrogens is 197 g/mol. The zero-order chi connectivity index (χ0) is 11.4. The number of hydrogen-bond donors (Lipinski definition) is 2. The Kier molecular flexibility index (Phi) is 3.80. The molecule has 1 aromatic rings. The molecule has 0 saturated carbocycles. The smallest absolute Gasteiger partial charge is 0.304 e. The summed E-state index contributed by atoms with van der Waals surface area (Å²) in [6.07, 6.45) is -0.157. The summed E-state index contributed by atoms with van der Waals surface area (Å²) in [5.74, 6) is -1.61. The van der Waals surface area contributed by atoms with E-state index in [-0.39, 0.29) is 18.2 Å². The molecular formula is C11H14FNO2. The molecule has 1 aromatic carbocycles. The van der Waals surface area contributed by atoms with Gasteiger partial charge in [0, 0.05) is 6.04 Å². The molecule has 15 heavy (non-hydrogen) atoms. The van der Waals surface area contributed by atoms with Crippen LogP contribution in [-0.2, 0) is 4.79 Å². The minimum atomic E-state index is -0.967. The molecule has 3 N–H and O–H groups in total. The number of halogens is 1. The second-order valence-corrected chi connectivity index (χ2v) is 3.57. The van der Waals surface area contributed by atoms with Gasteiger partial charge in [-0.2, -0.15) is 0 Å². The van der Waals surface area contributed by atoms with Gasteiger partial charge in [-0.25, -0.2) is 4.39 Å². The van der Waals surface area contributed by atoms with Gasteiger partial charge in [0.25, 0.3) is 0 Å². The van der Waals surface area contributed by atoms with Crippen LogP contribution in [0.1, 0.15) is 24.8 Å². The van der Waals surface area contributed by atoms with E-state index < -0.39 is 12.0 Å². The number of carbonyl (C=O) groups is 1. The van der Waals surface area contributed by atoms with Crippen molar-refractivity contribution in [3.8, 4) is 0 Å². The standard InChI is InChI=1S/C11H14FNO2/c1-7(10(13)6-11(14)15)8-4-2-3-5-9(8)12/h2-5,7,10H,6,13H2,1H3,(H,14,15).